The third-order valence-electron chi connectivity index (χ3n) is 2.00. The molecule has 0 aromatic carbocycles. The molecule has 74 valence electrons. The van der Waals surface area contributed by atoms with Crippen LogP contribution >= 0.6 is 31.9 Å². The van der Waals surface area contributed by atoms with Crippen molar-refractivity contribution in [1.82, 2.24) is 14.8 Å². The minimum Gasteiger partial charge on any atom is -0.245 e. The second kappa shape index (κ2) is 3.62. The van der Waals surface area contributed by atoms with Gasteiger partial charge < -0.3 is 0 Å². The van der Waals surface area contributed by atoms with E-state index in [9.17, 15) is 0 Å². The largest absolute Gasteiger partial charge is 0.245 e. The summed E-state index contributed by atoms with van der Waals surface area (Å²) in [5.74, 6) is 0. The van der Waals surface area contributed by atoms with Crippen LogP contribution < -0.4 is 0 Å². The molecule has 0 unspecified atom stereocenters. The summed E-state index contributed by atoms with van der Waals surface area (Å²) in [7, 11) is 0. The number of fused-ring (bicyclic) bond motifs is 1. The van der Waals surface area contributed by atoms with Gasteiger partial charge in [0.25, 0.3) is 0 Å². The number of pyridine rings is 1. The summed E-state index contributed by atoms with van der Waals surface area (Å²) in [6.07, 6.45) is 3.62. The first-order valence-corrected chi connectivity index (χ1v) is 5.87. The summed E-state index contributed by atoms with van der Waals surface area (Å²) in [4.78, 5) is 4.35. The number of halogens is 2. The van der Waals surface area contributed by atoms with E-state index in [1.165, 1.54) is 0 Å². The van der Waals surface area contributed by atoms with Crippen LogP contribution in [0.5, 0.6) is 0 Å². The molecular weight excluding hydrogens is 310 g/mol. The van der Waals surface area contributed by atoms with Crippen molar-refractivity contribution in [3.8, 4) is 0 Å². The lowest BCUT2D eigenvalue weighted by Crippen LogP contribution is -2.03. The van der Waals surface area contributed by atoms with Gasteiger partial charge in [-0.15, -0.1) is 0 Å². The molecule has 0 spiro atoms. The molecule has 0 saturated heterocycles. The SMILES string of the molecule is CC(C)n1ncc2c(Br)c(Br)cnc21. The molecule has 0 atom stereocenters. The van der Waals surface area contributed by atoms with Crippen molar-refractivity contribution >= 4 is 42.9 Å². The number of nitrogens with zero attached hydrogens (tertiary/aromatic N) is 3. The first kappa shape index (κ1) is 10.1. The minimum absolute atomic E-state index is 0.327. The lowest BCUT2D eigenvalue weighted by Gasteiger charge is -2.06. The van der Waals surface area contributed by atoms with E-state index < -0.39 is 0 Å². The van der Waals surface area contributed by atoms with Gasteiger partial charge in [-0.25, -0.2) is 9.67 Å². The highest BCUT2D eigenvalue weighted by Gasteiger charge is 2.11. The maximum absolute atomic E-state index is 4.35. The maximum Gasteiger partial charge on any atom is 0.159 e. The van der Waals surface area contributed by atoms with Gasteiger partial charge in [-0.2, -0.15) is 5.10 Å². The Kier molecular flexibility index (Phi) is 2.62. The predicted octanol–water partition coefficient (Wildman–Crippen LogP) is 3.54. The van der Waals surface area contributed by atoms with Crippen LogP contribution in [0.1, 0.15) is 19.9 Å². The summed E-state index contributed by atoms with van der Waals surface area (Å²) in [5.41, 5.74) is 0.912. The van der Waals surface area contributed by atoms with E-state index in [0.29, 0.717) is 6.04 Å². The summed E-state index contributed by atoms with van der Waals surface area (Å²) in [6, 6.07) is 0.327. The molecule has 2 rings (SSSR count). The second-order valence-corrected chi connectivity index (χ2v) is 4.99. The molecule has 0 amide bonds. The average Bonchev–Trinajstić information content (AvgIpc) is 2.55. The van der Waals surface area contributed by atoms with E-state index in [1.54, 1.807) is 6.20 Å². The topological polar surface area (TPSA) is 30.7 Å². The van der Waals surface area contributed by atoms with E-state index >= 15 is 0 Å². The first-order valence-electron chi connectivity index (χ1n) is 4.28. The summed E-state index contributed by atoms with van der Waals surface area (Å²) in [6.45, 7) is 4.17. The van der Waals surface area contributed by atoms with Crippen LogP contribution in [0.15, 0.2) is 21.3 Å². The van der Waals surface area contributed by atoms with Crippen molar-refractivity contribution in [2.24, 2.45) is 0 Å². The molecule has 2 aromatic rings. The third kappa shape index (κ3) is 1.48. The highest BCUT2D eigenvalue weighted by Crippen LogP contribution is 2.30. The summed E-state index contributed by atoms with van der Waals surface area (Å²) in [5, 5.41) is 5.34. The van der Waals surface area contributed by atoms with Crippen molar-refractivity contribution in [3.05, 3.63) is 21.3 Å². The van der Waals surface area contributed by atoms with Crippen molar-refractivity contribution in [3.63, 3.8) is 0 Å². The van der Waals surface area contributed by atoms with Crippen LogP contribution in [-0.2, 0) is 0 Å². The number of hydrogen-bond donors (Lipinski definition) is 0. The van der Waals surface area contributed by atoms with E-state index in [0.717, 1.165) is 20.0 Å². The molecule has 14 heavy (non-hydrogen) atoms. The number of hydrogen-bond acceptors (Lipinski definition) is 2. The van der Waals surface area contributed by atoms with Crippen molar-refractivity contribution in [1.29, 1.82) is 0 Å². The molecule has 0 radical (unpaired) electrons. The van der Waals surface area contributed by atoms with Crippen molar-refractivity contribution < 1.29 is 0 Å². The van der Waals surface area contributed by atoms with Crippen molar-refractivity contribution in [2.75, 3.05) is 0 Å². The van der Waals surface area contributed by atoms with Gasteiger partial charge in [-0.05, 0) is 45.7 Å². The minimum atomic E-state index is 0.327. The Morgan fingerprint density at radius 1 is 1.29 bits per heavy atom. The van der Waals surface area contributed by atoms with Crippen LogP contribution in [-0.4, -0.2) is 14.8 Å². The highest BCUT2D eigenvalue weighted by atomic mass is 79.9. The van der Waals surface area contributed by atoms with Gasteiger partial charge in [0.15, 0.2) is 5.65 Å². The fraction of sp³-hybridized carbons (Fsp3) is 0.333. The van der Waals surface area contributed by atoms with Crippen LogP contribution in [0.3, 0.4) is 0 Å². The average molecular weight is 319 g/mol. The Bertz CT molecular complexity index is 476. The van der Waals surface area contributed by atoms with Gasteiger partial charge in [0.1, 0.15) is 0 Å². The zero-order valence-electron chi connectivity index (χ0n) is 7.83. The van der Waals surface area contributed by atoms with Gasteiger partial charge in [0, 0.05) is 16.7 Å². The molecule has 0 aliphatic heterocycles. The smallest absolute Gasteiger partial charge is 0.159 e. The van der Waals surface area contributed by atoms with Gasteiger partial charge in [-0.1, -0.05) is 0 Å². The quantitative estimate of drug-likeness (QED) is 0.805. The first-order chi connectivity index (χ1) is 6.61. The zero-order chi connectivity index (χ0) is 10.3. The number of rotatable bonds is 1. The summed E-state index contributed by atoms with van der Waals surface area (Å²) < 4.78 is 3.87. The monoisotopic (exact) mass is 317 g/mol. The number of aromatic nitrogens is 3. The van der Waals surface area contributed by atoms with Gasteiger partial charge in [0.2, 0.25) is 0 Å². The van der Waals surface area contributed by atoms with Crippen LogP contribution in [0, 0.1) is 0 Å². The normalized spacial score (nSPS) is 11.5. The lowest BCUT2D eigenvalue weighted by molar-refractivity contribution is 0.546. The van der Waals surface area contributed by atoms with E-state index in [-0.39, 0.29) is 0 Å². The van der Waals surface area contributed by atoms with Crippen LogP contribution in [0.4, 0.5) is 0 Å². The maximum atomic E-state index is 4.35. The van der Waals surface area contributed by atoms with Gasteiger partial charge in [0.05, 0.1) is 16.1 Å². The second-order valence-electron chi connectivity index (χ2n) is 3.34. The Morgan fingerprint density at radius 3 is 2.64 bits per heavy atom. The zero-order valence-corrected chi connectivity index (χ0v) is 11.0. The molecule has 5 heteroatoms. The Morgan fingerprint density at radius 2 is 2.00 bits per heavy atom. The predicted molar refractivity (Wildman–Crippen MR) is 63.3 cm³/mol. The van der Waals surface area contributed by atoms with Crippen LogP contribution in [0.2, 0.25) is 0 Å². The molecule has 0 bridgehead atoms. The molecular formula is C9H9Br2N3. The molecule has 3 nitrogen and oxygen atoms in total. The van der Waals surface area contributed by atoms with E-state index in [2.05, 4.69) is 55.8 Å². The molecule has 0 N–H and O–H groups in total. The Balaban J connectivity index is 2.77. The molecule has 0 aliphatic carbocycles. The third-order valence-corrected chi connectivity index (χ3v) is 3.99. The van der Waals surface area contributed by atoms with Crippen LogP contribution in [0.25, 0.3) is 11.0 Å². The molecule has 2 aromatic heterocycles. The fourth-order valence-corrected chi connectivity index (χ4v) is 2.02. The Labute approximate surface area is 98.8 Å². The van der Waals surface area contributed by atoms with Gasteiger partial charge >= 0.3 is 0 Å². The standard InChI is InChI=1S/C9H9Br2N3/c1-5(2)14-9-6(3-13-14)8(11)7(10)4-12-9/h3-5H,1-2H3. The lowest BCUT2D eigenvalue weighted by atomic mass is 10.3. The van der Waals surface area contributed by atoms with Crippen molar-refractivity contribution in [2.45, 2.75) is 19.9 Å². The van der Waals surface area contributed by atoms with Gasteiger partial charge in [-0.3, -0.25) is 0 Å². The molecule has 0 aliphatic rings. The summed E-state index contributed by atoms with van der Waals surface area (Å²) >= 11 is 6.92. The molecule has 2 heterocycles. The molecule has 0 saturated carbocycles. The Hall–Kier alpha value is -0.420. The highest BCUT2D eigenvalue weighted by molar-refractivity contribution is 9.13. The van der Waals surface area contributed by atoms with E-state index in [1.807, 2.05) is 10.9 Å². The van der Waals surface area contributed by atoms with E-state index in [4.69, 9.17) is 0 Å². The fourth-order valence-electron chi connectivity index (χ4n) is 1.32. The molecule has 0 fully saturated rings.